The van der Waals surface area contributed by atoms with E-state index in [1.165, 1.54) is 16.7 Å². The SMILES string of the molecule is Cc1cc(Sc2ccccc2)ccc1NC(=O)CSCC#N. The van der Waals surface area contributed by atoms with Crippen LogP contribution in [-0.4, -0.2) is 17.4 Å². The van der Waals surface area contributed by atoms with Gasteiger partial charge in [0, 0.05) is 15.5 Å². The topological polar surface area (TPSA) is 52.9 Å². The smallest absolute Gasteiger partial charge is 0.234 e. The molecule has 0 aliphatic carbocycles. The first-order valence-electron chi connectivity index (χ1n) is 6.77. The van der Waals surface area contributed by atoms with Gasteiger partial charge in [-0.1, -0.05) is 30.0 Å². The Labute approximate surface area is 139 Å². The van der Waals surface area contributed by atoms with Crippen molar-refractivity contribution in [2.45, 2.75) is 16.7 Å². The summed E-state index contributed by atoms with van der Waals surface area (Å²) in [5, 5.41) is 11.3. The van der Waals surface area contributed by atoms with Crippen LogP contribution in [0.25, 0.3) is 0 Å². The number of thioether (sulfide) groups is 1. The highest BCUT2D eigenvalue weighted by atomic mass is 32.2. The average Bonchev–Trinajstić information content (AvgIpc) is 2.51. The molecule has 1 amide bonds. The molecular weight excluding hydrogens is 312 g/mol. The van der Waals surface area contributed by atoms with E-state index >= 15 is 0 Å². The predicted molar refractivity (Wildman–Crippen MR) is 93.3 cm³/mol. The Morgan fingerprint density at radius 1 is 1.18 bits per heavy atom. The maximum atomic E-state index is 11.8. The molecule has 1 N–H and O–H groups in total. The van der Waals surface area contributed by atoms with Gasteiger partial charge in [-0.2, -0.15) is 5.26 Å². The standard InChI is InChI=1S/C17H16N2OS2/c1-13-11-15(22-14-5-3-2-4-6-14)7-8-16(13)19-17(20)12-21-10-9-18/h2-8,11H,10,12H2,1H3,(H,19,20). The lowest BCUT2D eigenvalue weighted by Gasteiger charge is -2.10. The lowest BCUT2D eigenvalue weighted by molar-refractivity contribution is -0.113. The predicted octanol–water partition coefficient (Wildman–Crippen LogP) is 4.34. The van der Waals surface area contributed by atoms with Crippen molar-refractivity contribution in [3.05, 3.63) is 54.1 Å². The van der Waals surface area contributed by atoms with E-state index in [4.69, 9.17) is 5.26 Å². The molecule has 2 aromatic rings. The molecule has 0 fully saturated rings. The fourth-order valence-corrected chi connectivity index (χ4v) is 3.23. The summed E-state index contributed by atoms with van der Waals surface area (Å²) in [5.74, 6) is 0.554. The molecule has 2 rings (SSSR count). The lowest BCUT2D eigenvalue weighted by atomic mass is 10.2. The first-order chi connectivity index (χ1) is 10.7. The van der Waals surface area contributed by atoms with Crippen LogP contribution in [0, 0.1) is 18.3 Å². The van der Waals surface area contributed by atoms with E-state index in [0.29, 0.717) is 11.5 Å². The summed E-state index contributed by atoms with van der Waals surface area (Å²) in [6, 6.07) is 18.2. The highest BCUT2D eigenvalue weighted by Gasteiger charge is 2.06. The number of nitrogens with one attached hydrogen (secondary N) is 1. The summed E-state index contributed by atoms with van der Waals surface area (Å²) in [6.45, 7) is 1.98. The molecule has 0 atom stereocenters. The van der Waals surface area contributed by atoms with E-state index in [0.717, 1.165) is 16.1 Å². The Balaban J connectivity index is 1.98. The molecule has 0 radical (unpaired) electrons. The summed E-state index contributed by atoms with van der Waals surface area (Å²) >= 11 is 3.01. The molecule has 0 aromatic heterocycles. The van der Waals surface area contributed by atoms with Crippen molar-refractivity contribution >= 4 is 35.1 Å². The molecule has 22 heavy (non-hydrogen) atoms. The van der Waals surface area contributed by atoms with Crippen LogP contribution in [-0.2, 0) is 4.79 Å². The van der Waals surface area contributed by atoms with Crippen LogP contribution >= 0.6 is 23.5 Å². The largest absolute Gasteiger partial charge is 0.325 e. The zero-order valence-corrected chi connectivity index (χ0v) is 13.8. The van der Waals surface area contributed by atoms with Crippen molar-refractivity contribution in [2.75, 3.05) is 16.8 Å². The Bertz CT molecular complexity index is 681. The third-order valence-electron chi connectivity index (χ3n) is 2.85. The van der Waals surface area contributed by atoms with Gasteiger partial charge in [-0.05, 0) is 42.8 Å². The number of carbonyl (C=O) groups is 1. The van der Waals surface area contributed by atoms with E-state index in [-0.39, 0.29) is 5.91 Å². The molecule has 0 aliphatic rings. The van der Waals surface area contributed by atoms with Gasteiger partial charge in [-0.3, -0.25) is 4.79 Å². The van der Waals surface area contributed by atoms with Gasteiger partial charge in [0.2, 0.25) is 5.91 Å². The van der Waals surface area contributed by atoms with E-state index in [1.54, 1.807) is 11.8 Å². The number of rotatable bonds is 6. The van der Waals surface area contributed by atoms with Crippen LogP contribution in [0.2, 0.25) is 0 Å². The molecule has 2 aromatic carbocycles. The monoisotopic (exact) mass is 328 g/mol. The number of benzene rings is 2. The maximum absolute atomic E-state index is 11.8. The number of aryl methyl sites for hydroxylation is 1. The molecule has 3 nitrogen and oxygen atoms in total. The molecule has 112 valence electrons. The van der Waals surface area contributed by atoms with Crippen molar-refractivity contribution in [1.82, 2.24) is 0 Å². The quantitative estimate of drug-likeness (QED) is 0.801. The second-order valence-corrected chi connectivity index (χ2v) is 6.72. The molecule has 0 saturated carbocycles. The van der Waals surface area contributed by atoms with Crippen LogP contribution in [0.3, 0.4) is 0 Å². The van der Waals surface area contributed by atoms with Gasteiger partial charge < -0.3 is 5.32 Å². The van der Waals surface area contributed by atoms with Crippen LogP contribution in [0.5, 0.6) is 0 Å². The van der Waals surface area contributed by atoms with E-state index in [1.807, 2.05) is 43.3 Å². The number of carbonyl (C=O) groups excluding carboxylic acids is 1. The van der Waals surface area contributed by atoms with Crippen LogP contribution < -0.4 is 5.32 Å². The Hall–Kier alpha value is -1.90. The summed E-state index contributed by atoms with van der Waals surface area (Å²) in [6.07, 6.45) is 0. The molecule has 0 saturated heterocycles. The number of nitriles is 1. The average molecular weight is 328 g/mol. The minimum atomic E-state index is -0.0770. The number of hydrogen-bond acceptors (Lipinski definition) is 4. The fourth-order valence-electron chi connectivity index (χ4n) is 1.84. The number of nitrogens with zero attached hydrogens (tertiary/aromatic N) is 1. The highest BCUT2D eigenvalue weighted by molar-refractivity contribution is 8.00. The minimum Gasteiger partial charge on any atom is -0.325 e. The van der Waals surface area contributed by atoms with Gasteiger partial charge in [0.15, 0.2) is 0 Å². The number of anilines is 1. The van der Waals surface area contributed by atoms with Crippen molar-refractivity contribution < 1.29 is 4.79 Å². The van der Waals surface area contributed by atoms with E-state index in [9.17, 15) is 4.79 Å². The van der Waals surface area contributed by atoms with Gasteiger partial charge in [-0.25, -0.2) is 0 Å². The first kappa shape index (κ1) is 16.5. The highest BCUT2D eigenvalue weighted by Crippen LogP contribution is 2.30. The third kappa shape index (κ3) is 5.14. The van der Waals surface area contributed by atoms with Crippen molar-refractivity contribution in [1.29, 1.82) is 5.26 Å². The molecule has 0 unspecified atom stereocenters. The van der Waals surface area contributed by atoms with Crippen LogP contribution in [0.15, 0.2) is 58.3 Å². The van der Waals surface area contributed by atoms with Gasteiger partial charge >= 0.3 is 0 Å². The second-order valence-electron chi connectivity index (χ2n) is 4.59. The number of hydrogen-bond donors (Lipinski definition) is 1. The normalized spacial score (nSPS) is 10.0. The summed E-state index contributed by atoms with van der Waals surface area (Å²) < 4.78 is 0. The first-order valence-corrected chi connectivity index (χ1v) is 8.74. The maximum Gasteiger partial charge on any atom is 0.234 e. The molecule has 0 spiro atoms. The van der Waals surface area contributed by atoms with Gasteiger partial charge in [0.1, 0.15) is 0 Å². The Morgan fingerprint density at radius 2 is 1.95 bits per heavy atom. The summed E-state index contributed by atoms with van der Waals surface area (Å²) in [5.41, 5.74) is 1.85. The zero-order valence-electron chi connectivity index (χ0n) is 12.2. The summed E-state index contributed by atoms with van der Waals surface area (Å²) in [7, 11) is 0. The minimum absolute atomic E-state index is 0.0770. The summed E-state index contributed by atoms with van der Waals surface area (Å²) in [4.78, 5) is 14.1. The van der Waals surface area contributed by atoms with E-state index in [2.05, 4.69) is 23.5 Å². The second kappa shape index (κ2) is 8.52. The van der Waals surface area contributed by atoms with Crippen molar-refractivity contribution in [3.63, 3.8) is 0 Å². The van der Waals surface area contributed by atoms with Crippen molar-refractivity contribution in [2.24, 2.45) is 0 Å². The number of amides is 1. The van der Waals surface area contributed by atoms with E-state index < -0.39 is 0 Å². The van der Waals surface area contributed by atoms with Gasteiger partial charge in [-0.15, -0.1) is 11.8 Å². The Kier molecular flexibility index (Phi) is 6.38. The zero-order chi connectivity index (χ0) is 15.8. The Morgan fingerprint density at radius 3 is 2.64 bits per heavy atom. The fraction of sp³-hybridized carbons (Fsp3) is 0.176. The van der Waals surface area contributed by atoms with Gasteiger partial charge in [0.05, 0.1) is 17.6 Å². The molecule has 0 heterocycles. The van der Waals surface area contributed by atoms with Crippen LogP contribution in [0.1, 0.15) is 5.56 Å². The molecule has 0 bridgehead atoms. The van der Waals surface area contributed by atoms with Crippen molar-refractivity contribution in [3.8, 4) is 6.07 Å². The lowest BCUT2D eigenvalue weighted by Crippen LogP contribution is -2.15. The molecule has 5 heteroatoms. The third-order valence-corrected chi connectivity index (χ3v) is 4.65. The molecular formula is C17H16N2OS2. The van der Waals surface area contributed by atoms with Gasteiger partial charge in [0.25, 0.3) is 0 Å². The van der Waals surface area contributed by atoms with Crippen LogP contribution in [0.4, 0.5) is 5.69 Å². The molecule has 0 aliphatic heterocycles.